The number of aromatic amines is 1. The maximum absolute atomic E-state index is 11.7. The molecule has 0 fully saturated rings. The van der Waals surface area contributed by atoms with Crippen LogP contribution in [0.3, 0.4) is 0 Å². The first-order chi connectivity index (χ1) is 7.66. The molecule has 3 N–H and O–H groups in total. The Morgan fingerprint density at radius 2 is 2.31 bits per heavy atom. The number of carbonyl (C=O) groups is 1. The molecule has 1 heterocycles. The lowest BCUT2D eigenvalue weighted by molar-refractivity contribution is 0.102. The van der Waals surface area contributed by atoms with Gasteiger partial charge in [0.05, 0.1) is 5.56 Å². The fourth-order valence-corrected chi connectivity index (χ4v) is 1.55. The minimum absolute atomic E-state index is 0.0848. The van der Waals surface area contributed by atoms with Gasteiger partial charge in [0, 0.05) is 16.9 Å². The van der Waals surface area contributed by atoms with Gasteiger partial charge in [-0.05, 0) is 18.2 Å². The van der Waals surface area contributed by atoms with Gasteiger partial charge in [-0.3, -0.25) is 10.1 Å². The zero-order chi connectivity index (χ0) is 11.5. The summed E-state index contributed by atoms with van der Waals surface area (Å²) >= 11 is 3.20. The van der Waals surface area contributed by atoms with Crippen LogP contribution in [0.25, 0.3) is 0 Å². The number of benzene rings is 1. The molecule has 16 heavy (non-hydrogen) atoms. The number of phenolic OH excluding ortho intramolecular Hbond substituents is 1. The smallest absolute Gasteiger partial charge is 0.261 e. The Kier molecular flexibility index (Phi) is 2.91. The number of H-pyrrole nitrogens is 1. The topological polar surface area (TPSA) is 78.0 Å². The lowest BCUT2D eigenvalue weighted by Gasteiger charge is -2.04. The molecule has 6 heteroatoms. The van der Waals surface area contributed by atoms with Gasteiger partial charge in [0.25, 0.3) is 5.91 Å². The quantitative estimate of drug-likeness (QED) is 0.789. The van der Waals surface area contributed by atoms with Crippen molar-refractivity contribution in [3.8, 4) is 5.75 Å². The molecule has 2 aromatic rings. The molecule has 0 radical (unpaired) electrons. The zero-order valence-corrected chi connectivity index (χ0v) is 9.65. The van der Waals surface area contributed by atoms with Gasteiger partial charge in [0.15, 0.2) is 0 Å². The van der Waals surface area contributed by atoms with Crippen molar-refractivity contribution in [3.05, 3.63) is 40.6 Å². The average molecular weight is 282 g/mol. The van der Waals surface area contributed by atoms with Crippen LogP contribution in [-0.4, -0.2) is 21.0 Å². The highest BCUT2D eigenvalue weighted by Crippen LogP contribution is 2.22. The predicted octanol–water partition coefficient (Wildman–Crippen LogP) is 2.13. The number of nitrogens with one attached hydrogen (secondary N) is 2. The van der Waals surface area contributed by atoms with Gasteiger partial charge in [0.1, 0.15) is 5.75 Å². The molecule has 5 nitrogen and oxygen atoms in total. The molecule has 0 atom stereocenters. The first kappa shape index (κ1) is 10.7. The van der Waals surface area contributed by atoms with E-state index in [4.69, 9.17) is 0 Å². The van der Waals surface area contributed by atoms with Crippen LogP contribution in [0.2, 0.25) is 0 Å². The molecule has 0 saturated heterocycles. The molecule has 0 bridgehead atoms. The first-order valence-corrected chi connectivity index (χ1v) is 5.25. The number of phenols is 1. The Morgan fingerprint density at radius 3 is 2.94 bits per heavy atom. The number of amides is 1. The summed E-state index contributed by atoms with van der Waals surface area (Å²) in [5.74, 6) is -0.161. The summed E-state index contributed by atoms with van der Waals surface area (Å²) in [7, 11) is 0. The largest absolute Gasteiger partial charge is 0.507 e. The van der Waals surface area contributed by atoms with E-state index in [0.717, 1.165) is 0 Å². The van der Waals surface area contributed by atoms with Gasteiger partial charge in [-0.25, -0.2) is 4.98 Å². The van der Waals surface area contributed by atoms with Crippen LogP contribution in [0, 0.1) is 0 Å². The van der Waals surface area contributed by atoms with E-state index in [0.29, 0.717) is 10.4 Å². The van der Waals surface area contributed by atoms with E-state index >= 15 is 0 Å². The second kappa shape index (κ2) is 4.36. The van der Waals surface area contributed by atoms with Gasteiger partial charge in [-0.2, -0.15) is 0 Å². The summed E-state index contributed by atoms with van der Waals surface area (Å²) in [5, 5.41) is 12.1. The molecule has 82 valence electrons. The van der Waals surface area contributed by atoms with Crippen LogP contribution >= 0.6 is 15.9 Å². The van der Waals surface area contributed by atoms with Crippen LogP contribution in [0.1, 0.15) is 10.4 Å². The van der Waals surface area contributed by atoms with Crippen molar-refractivity contribution >= 4 is 27.8 Å². The van der Waals surface area contributed by atoms with Crippen LogP contribution in [0.4, 0.5) is 5.95 Å². The monoisotopic (exact) mass is 281 g/mol. The number of imidazole rings is 1. The second-order valence-corrected chi connectivity index (χ2v) is 3.97. The van der Waals surface area contributed by atoms with Crippen molar-refractivity contribution in [2.75, 3.05) is 5.32 Å². The molecular formula is C10H8BrN3O2. The van der Waals surface area contributed by atoms with E-state index in [1.165, 1.54) is 18.3 Å². The molecule has 1 aromatic carbocycles. The Labute approximate surface area is 99.7 Å². The minimum atomic E-state index is -0.417. The Hall–Kier alpha value is -1.82. The third kappa shape index (κ3) is 2.22. The van der Waals surface area contributed by atoms with E-state index in [1.807, 2.05) is 0 Å². The van der Waals surface area contributed by atoms with Gasteiger partial charge in [0.2, 0.25) is 5.95 Å². The molecule has 1 amide bonds. The Balaban J connectivity index is 2.21. The average Bonchev–Trinajstić information content (AvgIpc) is 2.70. The van der Waals surface area contributed by atoms with Crippen LogP contribution in [0.5, 0.6) is 5.75 Å². The summed E-state index contributed by atoms with van der Waals surface area (Å²) in [6.45, 7) is 0. The standard InChI is InChI=1S/C10H8BrN3O2/c11-6-1-2-7(8(15)5-6)9(16)14-10-12-3-4-13-10/h1-5,15H,(H2,12,13,14,16). The predicted molar refractivity (Wildman–Crippen MR) is 62.3 cm³/mol. The first-order valence-electron chi connectivity index (χ1n) is 4.46. The van der Waals surface area contributed by atoms with Gasteiger partial charge >= 0.3 is 0 Å². The molecule has 0 aliphatic heterocycles. The third-order valence-corrected chi connectivity index (χ3v) is 2.43. The van der Waals surface area contributed by atoms with Crippen molar-refractivity contribution in [1.29, 1.82) is 0 Å². The molecule has 0 spiro atoms. The van der Waals surface area contributed by atoms with E-state index in [1.54, 1.807) is 12.3 Å². The van der Waals surface area contributed by atoms with E-state index in [-0.39, 0.29) is 11.3 Å². The number of rotatable bonds is 2. The Morgan fingerprint density at radius 1 is 1.50 bits per heavy atom. The number of hydrogen-bond donors (Lipinski definition) is 3. The highest BCUT2D eigenvalue weighted by Gasteiger charge is 2.12. The highest BCUT2D eigenvalue weighted by atomic mass is 79.9. The molecule has 0 unspecified atom stereocenters. The minimum Gasteiger partial charge on any atom is -0.507 e. The van der Waals surface area contributed by atoms with Gasteiger partial charge in [-0.15, -0.1) is 0 Å². The van der Waals surface area contributed by atoms with Crippen molar-refractivity contribution in [2.24, 2.45) is 0 Å². The maximum Gasteiger partial charge on any atom is 0.261 e. The SMILES string of the molecule is O=C(Nc1ncc[nH]1)c1ccc(Br)cc1O. The number of carbonyl (C=O) groups excluding carboxylic acids is 1. The number of nitrogens with zero attached hydrogens (tertiary/aromatic N) is 1. The van der Waals surface area contributed by atoms with Crippen molar-refractivity contribution in [1.82, 2.24) is 9.97 Å². The summed E-state index contributed by atoms with van der Waals surface area (Å²) in [6.07, 6.45) is 3.12. The van der Waals surface area contributed by atoms with Crippen LogP contribution < -0.4 is 5.32 Å². The van der Waals surface area contributed by atoms with Gasteiger partial charge in [-0.1, -0.05) is 15.9 Å². The lowest BCUT2D eigenvalue weighted by Crippen LogP contribution is -2.13. The molecule has 0 aliphatic carbocycles. The van der Waals surface area contributed by atoms with Crippen molar-refractivity contribution in [3.63, 3.8) is 0 Å². The second-order valence-electron chi connectivity index (χ2n) is 3.05. The lowest BCUT2D eigenvalue weighted by atomic mass is 10.2. The maximum atomic E-state index is 11.7. The molecular weight excluding hydrogens is 274 g/mol. The summed E-state index contributed by atoms with van der Waals surface area (Å²) in [6, 6.07) is 4.66. The number of aromatic nitrogens is 2. The van der Waals surface area contributed by atoms with E-state index in [9.17, 15) is 9.90 Å². The Bertz CT molecular complexity index is 511. The van der Waals surface area contributed by atoms with Crippen molar-refractivity contribution < 1.29 is 9.90 Å². The van der Waals surface area contributed by atoms with Crippen molar-refractivity contribution in [2.45, 2.75) is 0 Å². The summed E-state index contributed by atoms with van der Waals surface area (Å²) < 4.78 is 0.708. The summed E-state index contributed by atoms with van der Waals surface area (Å²) in [4.78, 5) is 18.3. The molecule has 0 aliphatic rings. The fraction of sp³-hybridized carbons (Fsp3) is 0. The zero-order valence-electron chi connectivity index (χ0n) is 8.07. The van der Waals surface area contributed by atoms with Crippen LogP contribution in [-0.2, 0) is 0 Å². The molecule has 0 saturated carbocycles. The number of hydrogen-bond acceptors (Lipinski definition) is 3. The normalized spacial score (nSPS) is 10.1. The van der Waals surface area contributed by atoms with E-state index < -0.39 is 5.91 Å². The fourth-order valence-electron chi connectivity index (χ4n) is 1.21. The number of aromatic hydroxyl groups is 1. The number of anilines is 1. The van der Waals surface area contributed by atoms with Crippen LogP contribution in [0.15, 0.2) is 35.1 Å². The third-order valence-electron chi connectivity index (χ3n) is 1.93. The highest BCUT2D eigenvalue weighted by molar-refractivity contribution is 9.10. The molecule has 1 aromatic heterocycles. The number of halogens is 1. The summed E-state index contributed by atoms with van der Waals surface area (Å²) in [5.41, 5.74) is 0.194. The molecule has 2 rings (SSSR count). The van der Waals surface area contributed by atoms with E-state index in [2.05, 4.69) is 31.2 Å². The van der Waals surface area contributed by atoms with Gasteiger partial charge < -0.3 is 10.1 Å².